The number of likely N-dealkylation sites (tertiary alicyclic amines) is 1. The van der Waals surface area contributed by atoms with Gasteiger partial charge in [0.05, 0.1) is 11.8 Å². The van der Waals surface area contributed by atoms with E-state index in [2.05, 4.69) is 0 Å². The number of hydrogen-bond acceptors (Lipinski definition) is 3. The molecule has 2 amide bonds. The topological polar surface area (TPSA) is 77.9 Å². The van der Waals surface area contributed by atoms with E-state index in [1.807, 2.05) is 0 Å². The molecule has 106 valence electrons. The van der Waals surface area contributed by atoms with Crippen molar-refractivity contribution in [2.45, 2.75) is 32.2 Å². The summed E-state index contributed by atoms with van der Waals surface area (Å²) in [5, 5.41) is 8.96. The van der Waals surface area contributed by atoms with Gasteiger partial charge in [0.1, 0.15) is 0 Å². The summed E-state index contributed by atoms with van der Waals surface area (Å²) in [6.45, 7) is 2.30. The fourth-order valence-corrected chi connectivity index (χ4v) is 2.44. The molecule has 0 aromatic carbocycles. The Balaban J connectivity index is 2.01. The molecule has 1 heterocycles. The normalized spacial score (nSPS) is 24.4. The first-order valence-corrected chi connectivity index (χ1v) is 6.67. The largest absolute Gasteiger partial charge is 0.481 e. The Morgan fingerprint density at radius 2 is 2.11 bits per heavy atom. The van der Waals surface area contributed by atoms with Crippen molar-refractivity contribution in [3.63, 3.8) is 0 Å². The maximum atomic E-state index is 12.4. The molecule has 0 radical (unpaired) electrons. The highest BCUT2D eigenvalue weighted by molar-refractivity contribution is 5.89. The van der Waals surface area contributed by atoms with Crippen LogP contribution in [0.5, 0.6) is 0 Å². The molecule has 1 aliphatic carbocycles. The molecule has 19 heavy (non-hydrogen) atoms. The second-order valence-electron chi connectivity index (χ2n) is 5.64. The molecule has 6 heteroatoms. The Bertz CT molecular complexity index is 405. The molecule has 2 aliphatic rings. The second-order valence-corrected chi connectivity index (χ2v) is 5.64. The molecular formula is C13H20N2O4. The van der Waals surface area contributed by atoms with E-state index in [4.69, 9.17) is 5.11 Å². The molecule has 2 rings (SSSR count). The van der Waals surface area contributed by atoms with Gasteiger partial charge in [-0.05, 0) is 12.8 Å². The zero-order valence-corrected chi connectivity index (χ0v) is 11.3. The molecule has 2 fully saturated rings. The minimum atomic E-state index is -0.891. The van der Waals surface area contributed by atoms with Gasteiger partial charge >= 0.3 is 5.97 Å². The van der Waals surface area contributed by atoms with Crippen LogP contribution < -0.4 is 0 Å². The number of rotatable bonds is 5. The second kappa shape index (κ2) is 5.19. The average molecular weight is 268 g/mol. The smallest absolute Gasteiger partial charge is 0.308 e. The summed E-state index contributed by atoms with van der Waals surface area (Å²) < 4.78 is 0. The predicted octanol–water partition coefficient (Wildman–Crippen LogP) is 0.176. The monoisotopic (exact) mass is 268 g/mol. The number of amides is 2. The molecule has 0 spiro atoms. The number of nitrogens with zero attached hydrogens (tertiary/aromatic N) is 2. The Morgan fingerprint density at radius 3 is 2.53 bits per heavy atom. The van der Waals surface area contributed by atoms with Crippen LogP contribution in [-0.4, -0.2) is 58.9 Å². The van der Waals surface area contributed by atoms with Crippen LogP contribution in [0.25, 0.3) is 0 Å². The van der Waals surface area contributed by atoms with Gasteiger partial charge in [0.25, 0.3) is 0 Å². The fraction of sp³-hybridized carbons (Fsp3) is 0.769. The van der Waals surface area contributed by atoms with Crippen LogP contribution in [-0.2, 0) is 14.4 Å². The van der Waals surface area contributed by atoms with Crippen LogP contribution in [0, 0.1) is 11.8 Å². The van der Waals surface area contributed by atoms with Crippen molar-refractivity contribution in [1.29, 1.82) is 0 Å². The summed E-state index contributed by atoms with van der Waals surface area (Å²) in [4.78, 5) is 38.1. The molecule has 1 aliphatic heterocycles. The highest BCUT2D eigenvalue weighted by atomic mass is 16.4. The van der Waals surface area contributed by atoms with Crippen molar-refractivity contribution in [2.75, 3.05) is 20.1 Å². The lowest BCUT2D eigenvalue weighted by Gasteiger charge is -2.26. The summed E-state index contributed by atoms with van der Waals surface area (Å²) in [5.74, 6) is -1.84. The molecule has 1 saturated heterocycles. The predicted molar refractivity (Wildman–Crippen MR) is 67.3 cm³/mol. The van der Waals surface area contributed by atoms with Crippen molar-refractivity contribution in [1.82, 2.24) is 9.80 Å². The van der Waals surface area contributed by atoms with E-state index < -0.39 is 11.9 Å². The maximum absolute atomic E-state index is 12.4. The molecule has 0 aromatic heterocycles. The van der Waals surface area contributed by atoms with Crippen molar-refractivity contribution < 1.29 is 19.5 Å². The summed E-state index contributed by atoms with van der Waals surface area (Å²) in [5.41, 5.74) is 0. The number of hydrogen-bond donors (Lipinski definition) is 1. The van der Waals surface area contributed by atoms with Gasteiger partial charge < -0.3 is 14.9 Å². The fourth-order valence-electron chi connectivity index (χ4n) is 2.44. The maximum Gasteiger partial charge on any atom is 0.308 e. The Hall–Kier alpha value is -1.59. The van der Waals surface area contributed by atoms with Crippen molar-refractivity contribution >= 4 is 17.8 Å². The summed E-state index contributed by atoms with van der Waals surface area (Å²) >= 11 is 0. The average Bonchev–Trinajstić information content (AvgIpc) is 3.12. The van der Waals surface area contributed by atoms with Crippen molar-refractivity contribution in [2.24, 2.45) is 11.8 Å². The summed E-state index contributed by atoms with van der Waals surface area (Å²) in [7, 11) is 1.69. The van der Waals surface area contributed by atoms with Gasteiger partial charge in [0, 0.05) is 32.6 Å². The highest BCUT2D eigenvalue weighted by Gasteiger charge is 2.40. The van der Waals surface area contributed by atoms with Crippen molar-refractivity contribution in [3.05, 3.63) is 0 Å². The molecule has 0 aromatic rings. The first kappa shape index (κ1) is 13.8. The third-order valence-electron chi connectivity index (χ3n) is 3.85. The Labute approximate surface area is 112 Å². The quantitative estimate of drug-likeness (QED) is 0.771. The van der Waals surface area contributed by atoms with Crippen LogP contribution in [0.15, 0.2) is 0 Å². The zero-order chi connectivity index (χ0) is 14.2. The molecule has 1 saturated carbocycles. The number of aliphatic carboxylic acids is 1. The molecule has 0 bridgehead atoms. The molecule has 1 N–H and O–H groups in total. The number of carbonyl (C=O) groups excluding carboxylic acids is 2. The van der Waals surface area contributed by atoms with Crippen LogP contribution in [0.1, 0.15) is 26.2 Å². The van der Waals surface area contributed by atoms with E-state index >= 15 is 0 Å². The summed E-state index contributed by atoms with van der Waals surface area (Å²) in [6, 6.07) is 0.176. The van der Waals surface area contributed by atoms with Gasteiger partial charge in [0.2, 0.25) is 11.8 Å². The lowest BCUT2D eigenvalue weighted by Crippen LogP contribution is -2.42. The lowest BCUT2D eigenvalue weighted by atomic mass is 10.1. The first-order valence-electron chi connectivity index (χ1n) is 6.67. The Kier molecular flexibility index (Phi) is 3.78. The highest BCUT2D eigenvalue weighted by Crippen LogP contribution is 2.30. The van der Waals surface area contributed by atoms with E-state index in [1.165, 1.54) is 0 Å². The number of carbonyl (C=O) groups is 3. The van der Waals surface area contributed by atoms with Gasteiger partial charge in [-0.15, -0.1) is 0 Å². The lowest BCUT2D eigenvalue weighted by molar-refractivity contribution is -0.144. The van der Waals surface area contributed by atoms with Gasteiger partial charge in [-0.1, -0.05) is 6.92 Å². The molecule has 6 nitrogen and oxygen atoms in total. The van der Waals surface area contributed by atoms with Crippen LogP contribution in [0.2, 0.25) is 0 Å². The van der Waals surface area contributed by atoms with Gasteiger partial charge in [-0.25, -0.2) is 0 Å². The minimum absolute atomic E-state index is 0.0135. The van der Waals surface area contributed by atoms with Gasteiger partial charge in [-0.3, -0.25) is 14.4 Å². The summed E-state index contributed by atoms with van der Waals surface area (Å²) in [6.07, 6.45) is 2.13. The third-order valence-corrected chi connectivity index (χ3v) is 3.85. The van der Waals surface area contributed by atoms with E-state index in [9.17, 15) is 14.4 Å². The van der Waals surface area contributed by atoms with Crippen LogP contribution in [0.4, 0.5) is 0 Å². The Morgan fingerprint density at radius 1 is 1.47 bits per heavy atom. The zero-order valence-electron chi connectivity index (χ0n) is 11.3. The standard InChI is InChI=1S/C13H20N2O4/c1-8(13(18)19)6-15(10-3-4-10)12(17)9-5-11(16)14(2)7-9/h8-10H,3-7H2,1-2H3,(H,18,19)/t8-,9-/m0/s1. The molecular weight excluding hydrogens is 248 g/mol. The van der Waals surface area contributed by atoms with Gasteiger partial charge in [0.15, 0.2) is 0 Å². The third kappa shape index (κ3) is 3.05. The first-order chi connectivity index (χ1) is 8.90. The SMILES string of the molecule is C[C@@H](CN(C(=O)[C@H]1CC(=O)N(C)C1)C1CC1)C(=O)O. The van der Waals surface area contributed by atoms with Crippen LogP contribution in [0.3, 0.4) is 0 Å². The van der Waals surface area contributed by atoms with Gasteiger partial charge in [-0.2, -0.15) is 0 Å². The van der Waals surface area contributed by atoms with E-state index in [1.54, 1.807) is 23.8 Å². The number of carboxylic acids is 1. The van der Waals surface area contributed by atoms with Crippen LogP contribution >= 0.6 is 0 Å². The van der Waals surface area contributed by atoms with E-state index in [-0.39, 0.29) is 36.7 Å². The number of carboxylic acid groups (broad SMARTS) is 1. The minimum Gasteiger partial charge on any atom is -0.481 e. The van der Waals surface area contributed by atoms with E-state index in [0.717, 1.165) is 12.8 Å². The van der Waals surface area contributed by atoms with E-state index in [0.29, 0.717) is 6.54 Å². The van der Waals surface area contributed by atoms with Crippen molar-refractivity contribution in [3.8, 4) is 0 Å². The molecule has 2 atom stereocenters. The molecule has 0 unspecified atom stereocenters.